The third kappa shape index (κ3) is 2.35. The van der Waals surface area contributed by atoms with Gasteiger partial charge in [-0.05, 0) is 0 Å². The second-order valence-electron chi connectivity index (χ2n) is 1.11. The van der Waals surface area contributed by atoms with Gasteiger partial charge in [0.05, 0.1) is 0 Å². The first-order valence-electron chi connectivity index (χ1n) is 1.76. The molecule has 0 aromatic rings. The van der Waals surface area contributed by atoms with E-state index in [1.807, 2.05) is 0 Å². The number of hydrogen-bond donors (Lipinski definition) is 0. The zero-order valence-corrected chi connectivity index (χ0v) is 4.38. The summed E-state index contributed by atoms with van der Waals surface area (Å²) < 4.78 is 44.3. The summed E-state index contributed by atoms with van der Waals surface area (Å²) in [5, 5.41) is -2.32. The summed E-state index contributed by atoms with van der Waals surface area (Å²) in [7, 11) is 0. The van der Waals surface area contributed by atoms with Gasteiger partial charge in [-0.2, -0.15) is 0 Å². The van der Waals surface area contributed by atoms with E-state index in [4.69, 9.17) is 0 Å². The van der Waals surface area contributed by atoms with E-state index in [0.29, 0.717) is 0 Å². The van der Waals surface area contributed by atoms with Crippen molar-refractivity contribution in [3.05, 3.63) is 0 Å². The number of hydrogen-bond acceptors (Lipinski definition) is 0. The molecule has 0 aliphatic heterocycles. The van der Waals surface area contributed by atoms with Gasteiger partial charge < -0.3 is 0 Å². The molecule has 0 aromatic carbocycles. The summed E-state index contributed by atoms with van der Waals surface area (Å²) in [4.78, 5) is 0. The molecule has 0 unspecified atom stereocenters. The lowest BCUT2D eigenvalue weighted by atomic mass is 10.5. The third-order valence-electron chi connectivity index (χ3n) is 0.481. The lowest BCUT2D eigenvalue weighted by molar-refractivity contribution is 0.0496. The van der Waals surface area contributed by atoms with Crippen molar-refractivity contribution in [1.29, 1.82) is 0 Å². The summed E-state index contributed by atoms with van der Waals surface area (Å²) >= 11 is 4.45. The Morgan fingerprint density at radius 1 is 0.875 bits per heavy atom. The first kappa shape index (κ1) is 8.01. The molecule has 5 heteroatoms. The van der Waals surface area contributed by atoms with Crippen LogP contribution in [-0.4, -0.2) is 18.2 Å². The van der Waals surface area contributed by atoms with Crippen molar-refractivity contribution in [1.82, 2.24) is 0 Å². The average molecular weight is 151 g/mol. The second kappa shape index (κ2) is 3.12. The summed E-state index contributed by atoms with van der Waals surface area (Å²) in [6.07, 6.45) is -6.28. The fraction of sp³-hybridized carbons (Fsp3) is 1.00. The van der Waals surface area contributed by atoms with E-state index in [1.165, 1.54) is 0 Å². The highest BCUT2D eigenvalue weighted by Gasteiger charge is 2.26. The quantitative estimate of drug-likeness (QED) is 0.418. The van der Waals surface area contributed by atoms with Gasteiger partial charge in [-0.1, -0.05) is 0 Å². The van der Waals surface area contributed by atoms with Crippen molar-refractivity contribution < 1.29 is 17.6 Å². The monoisotopic (exact) mass is 150 g/mol. The first-order chi connectivity index (χ1) is 3.55. The number of halogens is 5. The molecular weight excluding hydrogens is 147 g/mol. The zero-order chi connectivity index (χ0) is 6.73. The van der Waals surface area contributed by atoms with Crippen LogP contribution in [-0.2, 0) is 0 Å². The highest BCUT2D eigenvalue weighted by atomic mass is 35.5. The highest BCUT2D eigenvalue weighted by Crippen LogP contribution is 2.15. The first-order valence-corrected chi connectivity index (χ1v) is 2.19. The van der Waals surface area contributed by atoms with E-state index in [2.05, 4.69) is 11.6 Å². The molecule has 0 rings (SSSR count). The molecule has 0 aliphatic carbocycles. The molecule has 0 aliphatic rings. The van der Waals surface area contributed by atoms with Gasteiger partial charge in [-0.3, -0.25) is 0 Å². The molecule has 0 aromatic heterocycles. The minimum absolute atomic E-state index is 2.32. The molecule has 0 spiro atoms. The van der Waals surface area contributed by atoms with Crippen LogP contribution in [0.15, 0.2) is 0 Å². The molecule has 0 atom stereocenters. The van der Waals surface area contributed by atoms with E-state index in [1.54, 1.807) is 0 Å². The van der Waals surface area contributed by atoms with Crippen LogP contribution in [0.4, 0.5) is 17.6 Å². The van der Waals surface area contributed by atoms with Gasteiger partial charge in [-0.25, -0.2) is 17.6 Å². The minimum Gasteiger partial charge on any atom is -0.209 e. The maximum atomic E-state index is 11.1. The molecule has 0 heterocycles. The van der Waals surface area contributed by atoms with Gasteiger partial charge in [0.2, 0.25) is 0 Å². The maximum absolute atomic E-state index is 11.1. The van der Waals surface area contributed by atoms with Crippen molar-refractivity contribution >= 4 is 11.6 Å². The predicted molar refractivity (Wildman–Crippen MR) is 21.6 cm³/mol. The number of alkyl halides is 5. The third-order valence-corrected chi connectivity index (χ3v) is 0.862. The summed E-state index contributed by atoms with van der Waals surface area (Å²) in [6, 6.07) is 0. The predicted octanol–water partition coefficient (Wildman–Crippen LogP) is 2.12. The van der Waals surface area contributed by atoms with Crippen molar-refractivity contribution in [2.24, 2.45) is 0 Å². The van der Waals surface area contributed by atoms with Gasteiger partial charge in [0.1, 0.15) is 0 Å². The van der Waals surface area contributed by atoms with Crippen molar-refractivity contribution in [3.63, 3.8) is 0 Å². The normalized spacial score (nSPS) is 12.0. The van der Waals surface area contributed by atoms with Crippen LogP contribution in [0.25, 0.3) is 0 Å². The fourth-order valence-corrected chi connectivity index (χ4v) is 0.110. The van der Waals surface area contributed by atoms with Crippen LogP contribution >= 0.6 is 11.6 Å². The molecule has 0 saturated heterocycles. The van der Waals surface area contributed by atoms with Crippen LogP contribution in [0.5, 0.6) is 0 Å². The van der Waals surface area contributed by atoms with E-state index in [-0.39, 0.29) is 0 Å². The van der Waals surface area contributed by atoms with Crippen LogP contribution in [0.2, 0.25) is 0 Å². The summed E-state index contributed by atoms with van der Waals surface area (Å²) in [5.74, 6) is 0. The van der Waals surface area contributed by atoms with Crippen molar-refractivity contribution in [2.75, 3.05) is 0 Å². The molecule has 0 amide bonds. The Morgan fingerprint density at radius 3 is 1.12 bits per heavy atom. The van der Waals surface area contributed by atoms with Crippen molar-refractivity contribution in [2.45, 2.75) is 18.2 Å². The van der Waals surface area contributed by atoms with Crippen LogP contribution < -0.4 is 0 Å². The Hall–Kier alpha value is 0.01000. The lowest BCUT2D eigenvalue weighted by Crippen LogP contribution is -2.19. The van der Waals surface area contributed by atoms with Gasteiger partial charge in [0.15, 0.2) is 5.38 Å². The molecule has 0 bridgehead atoms. The SMILES string of the molecule is FC(F)C(Cl)C(F)F. The molecular formula is C3H3ClF4. The lowest BCUT2D eigenvalue weighted by Gasteiger charge is -2.03. The molecule has 0 saturated carbocycles. The molecule has 0 radical (unpaired) electrons. The van der Waals surface area contributed by atoms with Gasteiger partial charge in [-0.15, -0.1) is 11.6 Å². The van der Waals surface area contributed by atoms with Crippen LogP contribution in [0.3, 0.4) is 0 Å². The van der Waals surface area contributed by atoms with Crippen LogP contribution in [0.1, 0.15) is 0 Å². The molecule has 0 N–H and O–H groups in total. The zero-order valence-electron chi connectivity index (χ0n) is 3.62. The van der Waals surface area contributed by atoms with Crippen LogP contribution in [0, 0.1) is 0 Å². The fourth-order valence-electron chi connectivity index (χ4n) is 0.110. The van der Waals surface area contributed by atoms with Gasteiger partial charge >= 0.3 is 0 Å². The average Bonchev–Trinajstić information content (AvgIpc) is 1.64. The van der Waals surface area contributed by atoms with Gasteiger partial charge in [0, 0.05) is 0 Å². The standard InChI is InChI=1S/C3H3ClF4/c4-1(2(5)6)3(7)8/h1-3H. The molecule has 50 valence electrons. The second-order valence-corrected chi connectivity index (χ2v) is 1.62. The Labute approximate surface area is 48.4 Å². The Bertz CT molecular complexity index is 56.3. The molecule has 0 nitrogen and oxygen atoms in total. The molecule has 0 fully saturated rings. The van der Waals surface area contributed by atoms with E-state index >= 15 is 0 Å². The topological polar surface area (TPSA) is 0 Å². The van der Waals surface area contributed by atoms with E-state index in [9.17, 15) is 17.6 Å². The number of rotatable bonds is 2. The Kier molecular flexibility index (Phi) is 3.12. The largest absolute Gasteiger partial charge is 0.260 e. The Balaban J connectivity index is 3.46. The minimum atomic E-state index is -3.14. The van der Waals surface area contributed by atoms with E-state index < -0.39 is 18.2 Å². The maximum Gasteiger partial charge on any atom is 0.260 e. The Morgan fingerprint density at radius 2 is 1.12 bits per heavy atom. The summed E-state index contributed by atoms with van der Waals surface area (Å²) in [5.41, 5.74) is 0. The smallest absolute Gasteiger partial charge is 0.209 e. The van der Waals surface area contributed by atoms with E-state index in [0.717, 1.165) is 0 Å². The summed E-state index contributed by atoms with van der Waals surface area (Å²) in [6.45, 7) is 0. The van der Waals surface area contributed by atoms with Gasteiger partial charge in [0.25, 0.3) is 12.9 Å². The van der Waals surface area contributed by atoms with Crippen molar-refractivity contribution in [3.8, 4) is 0 Å². The molecule has 8 heavy (non-hydrogen) atoms. The highest BCUT2D eigenvalue weighted by molar-refractivity contribution is 6.21.